The van der Waals surface area contributed by atoms with Crippen LogP contribution in [-0.4, -0.2) is 21.6 Å². The van der Waals surface area contributed by atoms with Gasteiger partial charge < -0.3 is 9.84 Å². The molecule has 8 heteroatoms. The molecule has 0 bridgehead atoms. The molecule has 1 heterocycles. The Morgan fingerprint density at radius 2 is 2.33 bits per heavy atom. The highest BCUT2D eigenvalue weighted by molar-refractivity contribution is 5.50. The highest BCUT2D eigenvalue weighted by atomic mass is 19.1. The van der Waals surface area contributed by atoms with Crippen LogP contribution in [0.5, 0.6) is 0 Å². The van der Waals surface area contributed by atoms with Gasteiger partial charge in [-0.2, -0.15) is 4.98 Å². The maximum atomic E-state index is 13.5. The van der Waals surface area contributed by atoms with E-state index in [0.717, 1.165) is 6.07 Å². The summed E-state index contributed by atoms with van der Waals surface area (Å²) in [5, 5.41) is 16.8. The SMILES string of the molecule is O=[N+]([O-])c1ccc(NCCc2ncon2)c(F)c1. The lowest BCUT2D eigenvalue weighted by molar-refractivity contribution is -0.385. The third kappa shape index (κ3) is 2.78. The number of nitrogens with one attached hydrogen (secondary N) is 1. The summed E-state index contributed by atoms with van der Waals surface area (Å²) in [4.78, 5) is 13.6. The van der Waals surface area contributed by atoms with Crippen molar-refractivity contribution in [1.29, 1.82) is 0 Å². The molecule has 0 unspecified atom stereocenters. The Morgan fingerprint density at radius 3 is 2.94 bits per heavy atom. The highest BCUT2D eigenvalue weighted by Crippen LogP contribution is 2.20. The summed E-state index contributed by atoms with van der Waals surface area (Å²) in [7, 11) is 0. The summed E-state index contributed by atoms with van der Waals surface area (Å²) < 4.78 is 18.0. The fourth-order valence-electron chi connectivity index (χ4n) is 1.37. The van der Waals surface area contributed by atoms with E-state index in [4.69, 9.17) is 0 Å². The van der Waals surface area contributed by atoms with Gasteiger partial charge in [0.1, 0.15) is 0 Å². The number of nitrogens with zero attached hydrogens (tertiary/aromatic N) is 3. The largest absolute Gasteiger partial charge is 0.382 e. The van der Waals surface area contributed by atoms with Crippen LogP contribution in [0.15, 0.2) is 29.1 Å². The van der Waals surface area contributed by atoms with Crippen molar-refractivity contribution in [2.75, 3.05) is 11.9 Å². The molecule has 0 saturated carbocycles. The third-order valence-corrected chi connectivity index (χ3v) is 2.23. The van der Waals surface area contributed by atoms with Crippen molar-refractivity contribution in [2.45, 2.75) is 6.42 Å². The lowest BCUT2D eigenvalue weighted by Gasteiger charge is -2.05. The Hall–Kier alpha value is -2.51. The maximum absolute atomic E-state index is 13.5. The normalized spacial score (nSPS) is 10.3. The Balaban J connectivity index is 1.95. The van der Waals surface area contributed by atoms with Gasteiger partial charge in [-0.3, -0.25) is 10.1 Å². The van der Waals surface area contributed by atoms with E-state index in [-0.39, 0.29) is 11.4 Å². The van der Waals surface area contributed by atoms with E-state index in [9.17, 15) is 14.5 Å². The molecule has 94 valence electrons. The van der Waals surface area contributed by atoms with Crippen molar-refractivity contribution in [3.8, 4) is 0 Å². The van der Waals surface area contributed by atoms with Crippen molar-refractivity contribution in [3.05, 3.63) is 46.3 Å². The maximum Gasteiger partial charge on any atom is 0.272 e. The lowest BCUT2D eigenvalue weighted by atomic mass is 10.2. The van der Waals surface area contributed by atoms with Crippen LogP contribution < -0.4 is 5.32 Å². The quantitative estimate of drug-likeness (QED) is 0.643. The first-order valence-corrected chi connectivity index (χ1v) is 5.10. The molecule has 0 aliphatic heterocycles. The van der Waals surface area contributed by atoms with Gasteiger partial charge in [0, 0.05) is 19.0 Å². The third-order valence-electron chi connectivity index (χ3n) is 2.23. The molecule has 0 aliphatic rings. The van der Waals surface area contributed by atoms with E-state index in [1.54, 1.807) is 0 Å². The van der Waals surface area contributed by atoms with Gasteiger partial charge in [0.05, 0.1) is 16.7 Å². The molecule has 1 aromatic carbocycles. The second-order valence-electron chi connectivity index (χ2n) is 3.45. The van der Waals surface area contributed by atoms with Crippen LogP contribution in [0.4, 0.5) is 15.8 Å². The molecule has 1 N–H and O–H groups in total. The van der Waals surface area contributed by atoms with Gasteiger partial charge in [0.25, 0.3) is 5.69 Å². The van der Waals surface area contributed by atoms with Crippen LogP contribution >= 0.6 is 0 Å². The summed E-state index contributed by atoms with van der Waals surface area (Å²) in [6, 6.07) is 3.43. The number of benzene rings is 1. The minimum absolute atomic E-state index is 0.198. The zero-order chi connectivity index (χ0) is 13.0. The molecular formula is C10H9FN4O3. The summed E-state index contributed by atoms with van der Waals surface area (Å²) in [6.07, 6.45) is 1.68. The number of non-ortho nitro benzene ring substituents is 1. The van der Waals surface area contributed by atoms with Gasteiger partial charge in [-0.05, 0) is 6.07 Å². The molecule has 0 amide bonds. The first kappa shape index (κ1) is 12.0. The molecule has 1 aromatic heterocycles. The average Bonchev–Trinajstić information content (AvgIpc) is 2.84. The Kier molecular flexibility index (Phi) is 3.46. The molecule has 0 spiro atoms. The molecule has 0 atom stereocenters. The first-order valence-electron chi connectivity index (χ1n) is 5.10. The molecule has 2 rings (SSSR count). The minimum Gasteiger partial charge on any atom is -0.382 e. The fraction of sp³-hybridized carbons (Fsp3) is 0.200. The molecular weight excluding hydrogens is 243 g/mol. The fourth-order valence-corrected chi connectivity index (χ4v) is 1.37. The van der Waals surface area contributed by atoms with E-state index in [1.165, 1.54) is 18.5 Å². The van der Waals surface area contributed by atoms with E-state index in [2.05, 4.69) is 20.0 Å². The lowest BCUT2D eigenvalue weighted by Crippen LogP contribution is -2.07. The van der Waals surface area contributed by atoms with Crippen LogP contribution in [0.1, 0.15) is 5.82 Å². The van der Waals surface area contributed by atoms with Gasteiger partial charge >= 0.3 is 0 Å². The summed E-state index contributed by atoms with van der Waals surface area (Å²) >= 11 is 0. The molecule has 0 fully saturated rings. The van der Waals surface area contributed by atoms with Gasteiger partial charge in [0.15, 0.2) is 11.6 Å². The topological polar surface area (TPSA) is 94.1 Å². The standard InChI is InChI=1S/C10H9FN4O3/c11-8-5-7(15(16)17)1-2-9(8)12-4-3-10-13-6-18-14-10/h1-2,5-6,12H,3-4H2. The predicted molar refractivity (Wildman–Crippen MR) is 59.5 cm³/mol. The van der Waals surface area contributed by atoms with Crippen LogP contribution in [-0.2, 0) is 6.42 Å². The van der Waals surface area contributed by atoms with Crippen molar-refractivity contribution < 1.29 is 13.8 Å². The first-order chi connectivity index (χ1) is 8.66. The Morgan fingerprint density at radius 1 is 1.50 bits per heavy atom. The number of nitro groups is 1. The highest BCUT2D eigenvalue weighted by Gasteiger charge is 2.10. The summed E-state index contributed by atoms with van der Waals surface area (Å²) in [5.74, 6) is -0.165. The summed E-state index contributed by atoms with van der Waals surface area (Å²) in [5.41, 5.74) is -0.0830. The van der Waals surface area contributed by atoms with Crippen LogP contribution in [0.3, 0.4) is 0 Å². The molecule has 7 nitrogen and oxygen atoms in total. The van der Waals surface area contributed by atoms with Gasteiger partial charge in [0.2, 0.25) is 6.39 Å². The molecule has 0 saturated heterocycles. The second kappa shape index (κ2) is 5.21. The molecule has 0 radical (unpaired) electrons. The van der Waals surface area contributed by atoms with Gasteiger partial charge in [-0.1, -0.05) is 5.16 Å². The number of aromatic nitrogens is 2. The van der Waals surface area contributed by atoms with E-state index < -0.39 is 10.7 Å². The smallest absolute Gasteiger partial charge is 0.272 e. The number of nitro benzene ring substituents is 1. The van der Waals surface area contributed by atoms with E-state index in [1.807, 2.05) is 0 Å². The Labute approximate surface area is 101 Å². The van der Waals surface area contributed by atoms with E-state index >= 15 is 0 Å². The minimum atomic E-state index is -0.669. The van der Waals surface area contributed by atoms with Crippen molar-refractivity contribution in [3.63, 3.8) is 0 Å². The van der Waals surface area contributed by atoms with Crippen molar-refractivity contribution in [2.24, 2.45) is 0 Å². The van der Waals surface area contributed by atoms with Crippen LogP contribution in [0, 0.1) is 15.9 Å². The number of halogens is 1. The van der Waals surface area contributed by atoms with Gasteiger partial charge in [-0.15, -0.1) is 0 Å². The predicted octanol–water partition coefficient (Wildman–Crippen LogP) is 1.77. The zero-order valence-corrected chi connectivity index (χ0v) is 9.17. The van der Waals surface area contributed by atoms with Crippen molar-refractivity contribution in [1.82, 2.24) is 10.1 Å². The number of anilines is 1. The zero-order valence-electron chi connectivity index (χ0n) is 9.17. The van der Waals surface area contributed by atoms with Crippen LogP contribution in [0.2, 0.25) is 0 Å². The van der Waals surface area contributed by atoms with Gasteiger partial charge in [-0.25, -0.2) is 4.39 Å². The number of hydrogen-bond donors (Lipinski definition) is 1. The molecule has 2 aromatic rings. The number of rotatable bonds is 5. The summed E-state index contributed by atoms with van der Waals surface area (Å²) in [6.45, 7) is 0.397. The van der Waals surface area contributed by atoms with Crippen LogP contribution in [0.25, 0.3) is 0 Å². The molecule has 0 aliphatic carbocycles. The monoisotopic (exact) mass is 252 g/mol. The average molecular weight is 252 g/mol. The molecule has 18 heavy (non-hydrogen) atoms. The van der Waals surface area contributed by atoms with E-state index in [0.29, 0.717) is 18.8 Å². The second-order valence-corrected chi connectivity index (χ2v) is 3.45. The number of hydrogen-bond acceptors (Lipinski definition) is 6. The Bertz CT molecular complexity index is 544. The van der Waals surface area contributed by atoms with Crippen molar-refractivity contribution >= 4 is 11.4 Å².